The van der Waals surface area contributed by atoms with Gasteiger partial charge in [-0.25, -0.2) is 29.3 Å². The summed E-state index contributed by atoms with van der Waals surface area (Å²) >= 11 is 19.8. The minimum atomic E-state index is -0.523. The van der Waals surface area contributed by atoms with E-state index < -0.39 is 5.60 Å². The summed E-state index contributed by atoms with van der Waals surface area (Å²) in [5.74, 6) is 0. The first-order chi connectivity index (χ1) is 55.8. The SMILES string of the molecule is C.C.C.C.COC(C1=Cc2cccnc2[C@@H](N2CCN(C(=O)NC(C)(C)C)CC2)c2ccc(Cl)cc21)c1cncn1C.COC(C1=Cc2cccnc2[C@@H](N2CCN(C(=O)NC3CCCCC3)CC2)c2ccc(Cl)cc21)c1cncn1C.COC(C1=Cc2cccnc2[C@@H](N2CCN(C(=O)OC(C)(C)C)CC2)c2ccc(Cl)cc21)c1cncn1C. The van der Waals surface area contributed by atoms with Crippen LogP contribution < -0.4 is 10.6 Å². The number of hydrogen-bond acceptors (Lipinski definition) is 16. The van der Waals surface area contributed by atoms with E-state index in [1.54, 1.807) is 45.2 Å². The van der Waals surface area contributed by atoms with Crippen LogP contribution in [0.25, 0.3) is 34.9 Å². The second kappa shape index (κ2) is 40.4. The average molecular weight is 1700 g/mol. The van der Waals surface area contributed by atoms with Crippen LogP contribution >= 0.6 is 34.8 Å². The molecule has 24 nitrogen and oxygen atoms in total. The third-order valence-electron chi connectivity index (χ3n) is 22.8. The molecule has 3 aliphatic heterocycles. The number of benzene rings is 3. The molecule has 3 aromatic carbocycles. The molecule has 7 aliphatic rings. The number of hydrogen-bond donors (Lipinski definition) is 2. The standard InChI is InChI=1S/C31H37ClN6O2.C29H35ClN6O2.C29H34ClN5O3.4CH4/c1-36-20-33-19-27(36)30(40-2)26-17-21-7-6-12-34-28(21)29(24-11-10-22(32)18-25(24)26)37-13-15-38(16-14-37)31(39)35-23-8-4-3-5-9-23;1-29(2,3)33-28(37)36-13-11-35(12-14-36)26-21-9-8-20(30)16-22(21)23(15-19-7-6-10-32-25(19)26)27(38-5)24-17-31-18-34(24)4;1-29(2,3)38-28(36)35-13-11-34(12-14-35)26-21-9-8-20(30)16-22(21)23(15-19-7-6-10-32-25(19)26)27(37-5)24-17-31-18-33(24)4;;;;/h6-7,10-12,17-20,23,29-30H,3-5,8-9,13-16H2,1-2H3,(H,35,39);6-10,15-18,26-27H,11-14H2,1-5H3,(H,33,37);6-10,15-18,26-27H,11-14H2,1-5H3;4*1H4/t29-,30?;2*26-,27?;;;;/m000..../s1. The molecule has 16 rings (SSSR count). The summed E-state index contributed by atoms with van der Waals surface area (Å²) in [6.07, 6.45) is 27.5. The average Bonchev–Trinajstić information content (AvgIpc) is 1.67. The van der Waals surface area contributed by atoms with Gasteiger partial charge in [-0.1, -0.05) is 120 Å². The predicted octanol–water partition coefficient (Wildman–Crippen LogP) is 18.3. The molecule has 642 valence electrons. The number of nitrogens with one attached hydrogen (secondary N) is 2. The number of piperazine rings is 3. The first kappa shape index (κ1) is 92.7. The number of carbonyl (C=O) groups excluding carboxylic acids is 3. The number of aromatic nitrogens is 9. The van der Waals surface area contributed by atoms with Gasteiger partial charge in [-0.2, -0.15) is 0 Å². The zero-order valence-corrected chi connectivity index (χ0v) is 70.6. The highest BCUT2D eigenvalue weighted by Crippen LogP contribution is 2.49. The highest BCUT2D eigenvalue weighted by molar-refractivity contribution is 6.31. The summed E-state index contributed by atoms with van der Waals surface area (Å²) in [6, 6.07) is 30.5. The summed E-state index contributed by atoms with van der Waals surface area (Å²) < 4.78 is 29.8. The molecule has 2 N–H and O–H groups in total. The van der Waals surface area contributed by atoms with E-state index in [0.717, 1.165) is 140 Å². The van der Waals surface area contributed by atoms with Gasteiger partial charge < -0.3 is 58.0 Å². The van der Waals surface area contributed by atoms with E-state index in [1.807, 2.05) is 178 Å². The van der Waals surface area contributed by atoms with E-state index in [0.29, 0.717) is 73.5 Å². The van der Waals surface area contributed by atoms with Crippen molar-refractivity contribution in [2.24, 2.45) is 21.1 Å². The van der Waals surface area contributed by atoms with Crippen molar-refractivity contribution in [3.63, 3.8) is 0 Å². The molecule has 0 spiro atoms. The number of aryl methyl sites for hydroxylation is 3. The Labute approximate surface area is 725 Å². The molecule has 4 fully saturated rings. The Morgan fingerprint density at radius 3 is 1.07 bits per heavy atom. The van der Waals surface area contributed by atoms with Gasteiger partial charge in [-0.3, -0.25) is 29.7 Å². The maximum absolute atomic E-state index is 13.1. The lowest BCUT2D eigenvalue weighted by Crippen LogP contribution is -2.55. The highest BCUT2D eigenvalue weighted by Gasteiger charge is 2.41. The lowest BCUT2D eigenvalue weighted by Gasteiger charge is -2.40. The van der Waals surface area contributed by atoms with E-state index >= 15 is 0 Å². The molecule has 1 saturated carbocycles. The van der Waals surface area contributed by atoms with Gasteiger partial charge >= 0.3 is 18.2 Å². The van der Waals surface area contributed by atoms with Crippen molar-refractivity contribution in [2.75, 3.05) is 99.9 Å². The van der Waals surface area contributed by atoms with E-state index in [4.69, 9.17) is 68.7 Å². The molecule has 6 atom stereocenters. The van der Waals surface area contributed by atoms with E-state index in [9.17, 15) is 14.4 Å². The molecule has 0 bridgehead atoms. The van der Waals surface area contributed by atoms with Crippen LogP contribution in [0.2, 0.25) is 15.1 Å². The maximum Gasteiger partial charge on any atom is 0.410 e. The lowest BCUT2D eigenvalue weighted by atomic mass is 9.91. The van der Waals surface area contributed by atoms with Crippen molar-refractivity contribution in [1.29, 1.82) is 0 Å². The van der Waals surface area contributed by atoms with E-state index in [-0.39, 0.29) is 89.8 Å². The zero-order chi connectivity index (χ0) is 81.7. The predicted molar refractivity (Wildman–Crippen MR) is 481 cm³/mol. The van der Waals surface area contributed by atoms with Crippen LogP contribution in [0.3, 0.4) is 0 Å². The van der Waals surface area contributed by atoms with Crippen LogP contribution in [-0.4, -0.2) is 208 Å². The first-order valence-corrected chi connectivity index (χ1v) is 41.2. The number of ether oxygens (including phenoxy) is 4. The molecule has 0 radical (unpaired) electrons. The van der Waals surface area contributed by atoms with Crippen LogP contribution in [0.5, 0.6) is 0 Å². The van der Waals surface area contributed by atoms with Gasteiger partial charge in [0.15, 0.2) is 0 Å². The van der Waals surface area contributed by atoms with Gasteiger partial charge in [0.2, 0.25) is 0 Å². The molecule has 9 heterocycles. The number of methoxy groups -OCH3 is 3. The minimum absolute atomic E-state index is 0. The normalized spacial score (nSPS) is 18.8. The van der Waals surface area contributed by atoms with Gasteiger partial charge in [0.1, 0.15) is 23.9 Å². The number of carbonyl (C=O) groups is 3. The Morgan fingerprint density at radius 1 is 0.442 bits per heavy atom. The van der Waals surface area contributed by atoms with Crippen molar-refractivity contribution in [3.05, 3.63) is 246 Å². The van der Waals surface area contributed by atoms with Gasteiger partial charge in [0.05, 0.1) is 89.9 Å². The smallest absolute Gasteiger partial charge is 0.410 e. The summed E-state index contributed by atoms with van der Waals surface area (Å²) in [5, 5.41) is 8.36. The largest absolute Gasteiger partial charge is 0.444 e. The van der Waals surface area contributed by atoms with E-state index in [1.165, 1.54) is 19.3 Å². The fraction of sp³-hybridized carbons (Fsp3) is 0.452. The Balaban J connectivity index is 0.000000186. The van der Waals surface area contributed by atoms with Crippen LogP contribution in [0.4, 0.5) is 14.4 Å². The number of pyridine rings is 3. The quantitative estimate of drug-likeness (QED) is 0.109. The van der Waals surface area contributed by atoms with Gasteiger partial charge in [-0.15, -0.1) is 0 Å². The summed E-state index contributed by atoms with van der Waals surface area (Å²) in [4.78, 5) is 79.2. The van der Waals surface area contributed by atoms with Crippen molar-refractivity contribution in [3.8, 4) is 0 Å². The Hall–Kier alpha value is -9.60. The molecule has 4 aliphatic carbocycles. The molecule has 6 aromatic heterocycles. The summed E-state index contributed by atoms with van der Waals surface area (Å²) in [5.41, 5.74) is 17.6. The van der Waals surface area contributed by atoms with Crippen molar-refractivity contribution in [2.45, 2.75) is 157 Å². The fourth-order valence-corrected chi connectivity index (χ4v) is 17.7. The Morgan fingerprint density at radius 2 is 0.767 bits per heavy atom. The van der Waals surface area contributed by atoms with Gasteiger partial charge in [0.25, 0.3) is 0 Å². The zero-order valence-electron chi connectivity index (χ0n) is 68.4. The maximum atomic E-state index is 13.1. The number of rotatable bonds is 13. The third kappa shape index (κ3) is 20.6. The van der Waals surface area contributed by atoms with Crippen LogP contribution in [0.15, 0.2) is 147 Å². The van der Waals surface area contributed by atoms with Crippen molar-refractivity contribution < 1.29 is 33.3 Å². The Bertz CT molecular complexity index is 4880. The van der Waals surface area contributed by atoms with Gasteiger partial charge in [0, 0.05) is 166 Å². The molecule has 9 aromatic rings. The van der Waals surface area contributed by atoms with Crippen molar-refractivity contribution >= 4 is 87.9 Å². The second-order valence-electron chi connectivity index (χ2n) is 32.8. The molecule has 3 saturated heterocycles. The number of amides is 5. The molecule has 120 heavy (non-hydrogen) atoms. The molecular weight excluding hydrogens is 1570 g/mol. The minimum Gasteiger partial charge on any atom is -0.444 e. The van der Waals surface area contributed by atoms with Gasteiger partial charge in [-0.05, 0) is 194 Å². The van der Waals surface area contributed by atoms with Crippen LogP contribution in [-0.2, 0) is 40.1 Å². The lowest BCUT2D eigenvalue weighted by molar-refractivity contribution is 0.0117. The number of fused-ring (bicyclic) bond motifs is 6. The number of imidazole rings is 3. The Kier molecular flexibility index (Phi) is 31.2. The monoisotopic (exact) mass is 1690 g/mol. The molecule has 27 heteroatoms. The molecule has 5 amide bonds. The molecule has 3 unspecified atom stereocenters. The number of urea groups is 2. The third-order valence-corrected chi connectivity index (χ3v) is 23.5. The van der Waals surface area contributed by atoms with Crippen LogP contribution in [0, 0.1) is 0 Å². The van der Waals surface area contributed by atoms with Crippen LogP contribution in [0.1, 0.15) is 224 Å². The summed E-state index contributed by atoms with van der Waals surface area (Å²) in [6.45, 7) is 19.8. The molecular formula is C93H122Cl3N17O7. The summed E-state index contributed by atoms with van der Waals surface area (Å²) in [7, 11) is 11.1. The van der Waals surface area contributed by atoms with Crippen molar-refractivity contribution in [1.82, 2.24) is 83.6 Å². The van der Waals surface area contributed by atoms with E-state index in [2.05, 4.69) is 94.9 Å². The number of halogens is 3. The highest BCUT2D eigenvalue weighted by atomic mass is 35.5. The second-order valence-corrected chi connectivity index (χ2v) is 34.1. The topological polar surface area (TPSA) is 224 Å². The fourth-order valence-electron chi connectivity index (χ4n) is 17.2. The first-order valence-electron chi connectivity index (χ1n) is 40.0. The number of nitrogens with zero attached hydrogens (tertiary/aromatic N) is 15.